The van der Waals surface area contributed by atoms with Crippen LogP contribution in [0.15, 0.2) is 18.3 Å². The van der Waals surface area contributed by atoms with Crippen LogP contribution < -0.4 is 4.74 Å². The molecule has 0 aliphatic heterocycles. The zero-order chi connectivity index (χ0) is 11.7. The third-order valence-corrected chi connectivity index (χ3v) is 1.74. The Bertz CT molecular complexity index is 324. The summed E-state index contributed by atoms with van der Waals surface area (Å²) in [5.74, 6) is -0.296. The minimum atomic E-state index is -4.66. The Morgan fingerprint density at radius 3 is 2.07 bits per heavy atom. The molecule has 0 saturated carbocycles. The summed E-state index contributed by atoms with van der Waals surface area (Å²) in [6.07, 6.45) is -3.58. The molecule has 1 aromatic rings. The third kappa shape index (κ3) is 3.77. The lowest BCUT2D eigenvalue weighted by atomic mass is 9.92. The quantitative estimate of drug-likeness (QED) is 0.723. The highest BCUT2D eigenvalue weighted by Crippen LogP contribution is 2.25. The molecule has 0 atom stereocenters. The average Bonchev–Trinajstić information content (AvgIpc) is 2.00. The largest absolute Gasteiger partial charge is 0.573 e. The molecule has 5 heteroatoms. The van der Waals surface area contributed by atoms with Gasteiger partial charge in [0.1, 0.15) is 5.75 Å². The second-order valence-corrected chi connectivity index (χ2v) is 4.18. The summed E-state index contributed by atoms with van der Waals surface area (Å²) in [4.78, 5) is 3.91. The zero-order valence-corrected chi connectivity index (χ0v) is 8.72. The van der Waals surface area contributed by atoms with Gasteiger partial charge in [0.05, 0.1) is 6.20 Å². The molecule has 0 spiro atoms. The summed E-state index contributed by atoms with van der Waals surface area (Å²) in [6, 6.07) is 2.79. The van der Waals surface area contributed by atoms with E-state index in [0.717, 1.165) is 11.9 Å². The number of pyridine rings is 1. The molecule has 2 nitrogen and oxygen atoms in total. The number of rotatable bonds is 1. The number of nitrogens with zero attached hydrogens (tertiary/aromatic N) is 1. The molecule has 15 heavy (non-hydrogen) atoms. The molecule has 0 amide bonds. The van der Waals surface area contributed by atoms with E-state index in [1.165, 1.54) is 12.1 Å². The molecule has 0 unspecified atom stereocenters. The molecule has 0 aliphatic carbocycles. The fourth-order valence-corrected chi connectivity index (χ4v) is 1.02. The van der Waals surface area contributed by atoms with Crippen molar-refractivity contribution in [3.63, 3.8) is 0 Å². The van der Waals surface area contributed by atoms with E-state index < -0.39 is 6.36 Å². The van der Waals surface area contributed by atoms with E-state index in [-0.39, 0.29) is 11.2 Å². The minimum absolute atomic E-state index is 0.184. The normalized spacial score (nSPS) is 12.7. The molecule has 1 rings (SSSR count). The molecule has 1 heterocycles. The van der Waals surface area contributed by atoms with Gasteiger partial charge in [0.15, 0.2) is 0 Å². The summed E-state index contributed by atoms with van der Waals surface area (Å²) in [5, 5.41) is 0. The van der Waals surface area contributed by atoms with Gasteiger partial charge in [0, 0.05) is 11.1 Å². The Labute approximate surface area is 86.1 Å². The summed E-state index contributed by atoms with van der Waals surface area (Å²) in [6.45, 7) is 5.79. The predicted molar refractivity (Wildman–Crippen MR) is 49.6 cm³/mol. The number of aromatic nitrogens is 1. The maximum atomic E-state index is 11.8. The molecule has 0 fully saturated rings. The number of hydrogen-bond acceptors (Lipinski definition) is 2. The van der Waals surface area contributed by atoms with Crippen LogP contribution in [0.3, 0.4) is 0 Å². The van der Waals surface area contributed by atoms with Crippen molar-refractivity contribution >= 4 is 0 Å². The number of alkyl halides is 3. The second-order valence-electron chi connectivity index (χ2n) is 4.18. The molecule has 0 N–H and O–H groups in total. The topological polar surface area (TPSA) is 22.1 Å². The molecule has 0 bridgehead atoms. The minimum Gasteiger partial charge on any atom is -0.404 e. The van der Waals surface area contributed by atoms with E-state index in [1.54, 1.807) is 0 Å². The fourth-order valence-electron chi connectivity index (χ4n) is 1.02. The monoisotopic (exact) mass is 219 g/mol. The summed E-state index contributed by atoms with van der Waals surface area (Å²) in [7, 11) is 0. The first-order valence-corrected chi connectivity index (χ1v) is 4.41. The molecule has 0 saturated heterocycles. The molecule has 0 radical (unpaired) electrons. The standard InChI is InChI=1S/C10H12F3NO/c1-9(2,3)8-5-4-7(6-14-8)15-10(11,12)13/h4-6H,1-3H3. The lowest BCUT2D eigenvalue weighted by Gasteiger charge is -2.17. The van der Waals surface area contributed by atoms with Crippen molar-refractivity contribution in [2.75, 3.05) is 0 Å². The smallest absolute Gasteiger partial charge is 0.404 e. The Kier molecular flexibility index (Phi) is 2.93. The van der Waals surface area contributed by atoms with Gasteiger partial charge in [-0.15, -0.1) is 13.2 Å². The van der Waals surface area contributed by atoms with Gasteiger partial charge in [0.2, 0.25) is 0 Å². The van der Waals surface area contributed by atoms with Crippen LogP contribution in [0, 0.1) is 0 Å². The number of hydrogen-bond donors (Lipinski definition) is 0. The van der Waals surface area contributed by atoms with Gasteiger partial charge in [-0.05, 0) is 12.1 Å². The highest BCUT2D eigenvalue weighted by Gasteiger charge is 2.31. The summed E-state index contributed by atoms with van der Waals surface area (Å²) in [5.41, 5.74) is 0.536. The third-order valence-electron chi connectivity index (χ3n) is 1.74. The van der Waals surface area contributed by atoms with Gasteiger partial charge < -0.3 is 4.74 Å². The molecule has 84 valence electrons. The van der Waals surface area contributed by atoms with E-state index >= 15 is 0 Å². The highest BCUT2D eigenvalue weighted by atomic mass is 19.4. The van der Waals surface area contributed by atoms with Gasteiger partial charge in [0.25, 0.3) is 0 Å². The van der Waals surface area contributed by atoms with Crippen molar-refractivity contribution in [3.05, 3.63) is 24.0 Å². The van der Waals surface area contributed by atoms with Gasteiger partial charge in [-0.25, -0.2) is 0 Å². The zero-order valence-electron chi connectivity index (χ0n) is 8.72. The maximum absolute atomic E-state index is 11.8. The fraction of sp³-hybridized carbons (Fsp3) is 0.500. The van der Waals surface area contributed by atoms with Gasteiger partial charge in [-0.2, -0.15) is 0 Å². The molecular weight excluding hydrogens is 207 g/mol. The van der Waals surface area contributed by atoms with Crippen LogP contribution in [0.4, 0.5) is 13.2 Å². The van der Waals surface area contributed by atoms with Crippen molar-refractivity contribution in [2.24, 2.45) is 0 Å². The van der Waals surface area contributed by atoms with Crippen LogP contribution in [0.1, 0.15) is 26.5 Å². The van der Waals surface area contributed by atoms with Crippen molar-refractivity contribution in [1.82, 2.24) is 4.98 Å². The highest BCUT2D eigenvalue weighted by molar-refractivity contribution is 5.23. The van der Waals surface area contributed by atoms with Crippen LogP contribution in [0.2, 0.25) is 0 Å². The van der Waals surface area contributed by atoms with Gasteiger partial charge >= 0.3 is 6.36 Å². The van der Waals surface area contributed by atoms with E-state index in [1.807, 2.05) is 20.8 Å². The van der Waals surface area contributed by atoms with E-state index in [4.69, 9.17) is 0 Å². The van der Waals surface area contributed by atoms with Gasteiger partial charge in [-0.3, -0.25) is 4.98 Å². The van der Waals surface area contributed by atoms with Gasteiger partial charge in [-0.1, -0.05) is 20.8 Å². The number of halogens is 3. The molecule has 0 aliphatic rings. The van der Waals surface area contributed by atoms with E-state index in [0.29, 0.717) is 0 Å². The first-order valence-electron chi connectivity index (χ1n) is 4.41. The predicted octanol–water partition coefficient (Wildman–Crippen LogP) is 3.28. The first kappa shape index (κ1) is 11.8. The van der Waals surface area contributed by atoms with Crippen LogP contribution >= 0.6 is 0 Å². The van der Waals surface area contributed by atoms with Crippen molar-refractivity contribution in [2.45, 2.75) is 32.5 Å². The van der Waals surface area contributed by atoms with E-state index in [9.17, 15) is 13.2 Å². The number of ether oxygens (including phenoxy) is 1. The Morgan fingerprint density at radius 2 is 1.73 bits per heavy atom. The molecule has 1 aromatic heterocycles. The average molecular weight is 219 g/mol. The lowest BCUT2D eigenvalue weighted by molar-refractivity contribution is -0.274. The Balaban J connectivity index is 2.82. The SMILES string of the molecule is CC(C)(C)c1ccc(OC(F)(F)F)cn1. The Morgan fingerprint density at radius 1 is 1.13 bits per heavy atom. The van der Waals surface area contributed by atoms with Crippen molar-refractivity contribution < 1.29 is 17.9 Å². The van der Waals surface area contributed by atoms with Crippen LogP contribution in [-0.2, 0) is 5.41 Å². The second kappa shape index (κ2) is 3.72. The summed E-state index contributed by atoms with van der Waals surface area (Å²) < 4.78 is 39.2. The van der Waals surface area contributed by atoms with Crippen LogP contribution in [0.5, 0.6) is 5.75 Å². The van der Waals surface area contributed by atoms with E-state index in [2.05, 4.69) is 9.72 Å². The molecule has 0 aromatic carbocycles. The molecular formula is C10H12F3NO. The Hall–Kier alpha value is -1.26. The van der Waals surface area contributed by atoms with Crippen LogP contribution in [-0.4, -0.2) is 11.3 Å². The maximum Gasteiger partial charge on any atom is 0.573 e. The van der Waals surface area contributed by atoms with Crippen LogP contribution in [0.25, 0.3) is 0 Å². The first-order chi connectivity index (χ1) is 6.68. The van der Waals surface area contributed by atoms with Crippen molar-refractivity contribution in [1.29, 1.82) is 0 Å². The summed E-state index contributed by atoms with van der Waals surface area (Å²) >= 11 is 0. The lowest BCUT2D eigenvalue weighted by Crippen LogP contribution is -2.18. The van der Waals surface area contributed by atoms with Crippen molar-refractivity contribution in [3.8, 4) is 5.75 Å².